The van der Waals surface area contributed by atoms with Crippen molar-refractivity contribution < 1.29 is 0 Å². The summed E-state index contributed by atoms with van der Waals surface area (Å²) in [5.74, 6) is 0.732. The highest BCUT2D eigenvalue weighted by atomic mass is 16.3. The van der Waals surface area contributed by atoms with Gasteiger partial charge in [-0.15, -0.1) is 0 Å². The zero-order valence-corrected chi connectivity index (χ0v) is 14.8. The van der Waals surface area contributed by atoms with Gasteiger partial charge in [0.05, 0.1) is 0 Å². The van der Waals surface area contributed by atoms with Crippen LogP contribution in [-0.4, -0.2) is 0 Å². The normalized spacial score (nSPS) is 21.6. The summed E-state index contributed by atoms with van der Waals surface area (Å²) >= 11 is 0. The van der Waals surface area contributed by atoms with E-state index in [2.05, 4.69) is 42.4 Å². The Bertz CT molecular complexity index is 628. The molecule has 128 valence electrons. The van der Waals surface area contributed by atoms with E-state index in [4.69, 9.17) is 0 Å². The largest absolute Gasteiger partial charge is 0.150 e. The van der Waals surface area contributed by atoms with Crippen molar-refractivity contribution >= 4 is 0 Å². The van der Waals surface area contributed by atoms with Crippen LogP contribution in [0.2, 0.25) is 0 Å². The Morgan fingerprint density at radius 3 is 2.50 bits per heavy atom. The molecule has 0 saturated heterocycles. The molecule has 2 aliphatic rings. The highest BCUT2D eigenvalue weighted by Crippen LogP contribution is 2.48. The summed E-state index contributed by atoms with van der Waals surface area (Å²) in [5.41, 5.74) is 4.25. The monoisotopic (exact) mass is 323 g/mol. The van der Waals surface area contributed by atoms with Gasteiger partial charge in [-0.05, 0) is 47.3 Å². The first-order chi connectivity index (χ1) is 11.8. The maximum atomic E-state index is 10.7. The smallest absolute Gasteiger partial charge is 0.106 e. The van der Waals surface area contributed by atoms with E-state index < -0.39 is 0 Å². The summed E-state index contributed by atoms with van der Waals surface area (Å²) in [5, 5.41) is 3.08. The van der Waals surface area contributed by atoms with Crippen LogP contribution in [0.1, 0.15) is 68.6 Å². The Balaban J connectivity index is 2.15. The minimum atomic E-state index is 0.245. The van der Waals surface area contributed by atoms with Crippen LogP contribution in [0, 0.1) is 10.8 Å². The van der Waals surface area contributed by atoms with Gasteiger partial charge in [-0.25, -0.2) is 0 Å². The van der Waals surface area contributed by atoms with Crippen LogP contribution in [0.4, 0.5) is 0 Å². The zero-order valence-electron chi connectivity index (χ0n) is 14.8. The first-order valence-electron chi connectivity index (χ1n) is 9.54. The van der Waals surface area contributed by atoms with E-state index in [1.165, 1.54) is 62.5 Å². The van der Waals surface area contributed by atoms with Crippen molar-refractivity contribution in [2.24, 2.45) is 11.1 Å². The zero-order chi connectivity index (χ0) is 16.8. The van der Waals surface area contributed by atoms with Crippen molar-refractivity contribution in [3.05, 3.63) is 64.1 Å². The molecule has 0 amide bonds. The van der Waals surface area contributed by atoms with Crippen LogP contribution in [0.25, 0.3) is 0 Å². The molecule has 2 nitrogen and oxygen atoms in total. The van der Waals surface area contributed by atoms with Gasteiger partial charge in [-0.2, -0.15) is 4.91 Å². The fourth-order valence-corrected chi connectivity index (χ4v) is 4.83. The van der Waals surface area contributed by atoms with E-state index in [0.29, 0.717) is 5.41 Å². The number of fused-ring (bicyclic) bond motifs is 3. The summed E-state index contributed by atoms with van der Waals surface area (Å²) in [6, 6.07) is 15.2. The fraction of sp³-hybridized carbons (Fsp3) is 0.545. The molecule has 0 radical (unpaired) electrons. The average molecular weight is 323 g/mol. The van der Waals surface area contributed by atoms with Crippen molar-refractivity contribution in [1.82, 2.24) is 0 Å². The van der Waals surface area contributed by atoms with Crippen LogP contribution in [0.3, 0.4) is 0 Å². The predicted molar refractivity (Wildman–Crippen MR) is 100 cm³/mol. The highest BCUT2D eigenvalue weighted by molar-refractivity contribution is 5.34. The van der Waals surface area contributed by atoms with Crippen molar-refractivity contribution in [3.8, 4) is 0 Å². The Hall–Kier alpha value is -1.70. The van der Waals surface area contributed by atoms with Gasteiger partial charge in [0.15, 0.2) is 0 Å². The molecule has 2 aliphatic carbocycles. The summed E-state index contributed by atoms with van der Waals surface area (Å²) in [6.07, 6.45) is 10.5. The first-order valence-corrected chi connectivity index (χ1v) is 9.54. The molecule has 2 bridgehead atoms. The van der Waals surface area contributed by atoms with Crippen molar-refractivity contribution in [2.45, 2.75) is 70.3 Å². The van der Waals surface area contributed by atoms with Crippen molar-refractivity contribution in [2.75, 3.05) is 0 Å². The molecule has 3 rings (SSSR count). The van der Waals surface area contributed by atoms with Gasteiger partial charge < -0.3 is 0 Å². The van der Waals surface area contributed by atoms with Crippen molar-refractivity contribution in [3.63, 3.8) is 0 Å². The molecule has 1 aromatic carbocycles. The summed E-state index contributed by atoms with van der Waals surface area (Å²) in [4.78, 5) is 10.7. The molecule has 1 aromatic rings. The molecule has 1 atom stereocenters. The highest BCUT2D eigenvalue weighted by Gasteiger charge is 2.41. The molecular formula is C22H29NO. The number of nitroso groups, excluding NO2 is 1. The molecule has 0 aliphatic heterocycles. The van der Waals surface area contributed by atoms with Gasteiger partial charge in [-0.1, -0.05) is 86.7 Å². The average Bonchev–Trinajstić information content (AvgIpc) is 2.85. The topological polar surface area (TPSA) is 29.4 Å². The van der Waals surface area contributed by atoms with Gasteiger partial charge in [0, 0.05) is 0 Å². The lowest BCUT2D eigenvalue weighted by Crippen LogP contribution is -2.38. The van der Waals surface area contributed by atoms with Crippen molar-refractivity contribution in [1.29, 1.82) is 0 Å². The first kappa shape index (κ1) is 17.1. The number of rotatable bonds is 3. The third-order valence-electron chi connectivity index (χ3n) is 6.12. The molecule has 1 spiro atoms. The Labute approximate surface area is 146 Å². The second kappa shape index (κ2) is 7.92. The standard InChI is InChI=1S/C22H29NO/c1-2-20-15-19-10-6-5-9-18(17-23-24)11-12-21(16-19)22(20)13-7-3-4-8-14-22/h5-6,9-12,16,20H,2-4,7-8,13-15,17H2,1H3. The summed E-state index contributed by atoms with van der Waals surface area (Å²) < 4.78 is 0. The summed E-state index contributed by atoms with van der Waals surface area (Å²) in [6.45, 7) is 2.60. The lowest BCUT2D eigenvalue weighted by atomic mass is 9.60. The van der Waals surface area contributed by atoms with E-state index in [1.54, 1.807) is 0 Å². The lowest BCUT2D eigenvalue weighted by molar-refractivity contribution is 0.216. The second-order valence-corrected chi connectivity index (χ2v) is 7.47. The van der Waals surface area contributed by atoms with Gasteiger partial charge in [0.2, 0.25) is 0 Å². The maximum absolute atomic E-state index is 10.7. The van der Waals surface area contributed by atoms with E-state index in [1.807, 2.05) is 12.1 Å². The van der Waals surface area contributed by atoms with E-state index in [0.717, 1.165) is 11.5 Å². The SMILES string of the molecule is CCC1Cc2ccccc(CN=O)ccc(c2)C12CCCCCC2. The van der Waals surface area contributed by atoms with E-state index >= 15 is 0 Å². The van der Waals surface area contributed by atoms with Gasteiger partial charge in [0.25, 0.3) is 0 Å². The van der Waals surface area contributed by atoms with Gasteiger partial charge in [-0.3, -0.25) is 0 Å². The van der Waals surface area contributed by atoms with E-state index in [-0.39, 0.29) is 6.54 Å². The number of hydrogen-bond acceptors (Lipinski definition) is 2. The van der Waals surface area contributed by atoms with Crippen LogP contribution in [-0.2, 0) is 18.4 Å². The number of hydrogen-bond donors (Lipinski definition) is 0. The van der Waals surface area contributed by atoms with E-state index in [9.17, 15) is 4.91 Å². The molecule has 2 heteroatoms. The fourth-order valence-electron chi connectivity index (χ4n) is 4.83. The Morgan fingerprint density at radius 2 is 1.79 bits per heavy atom. The van der Waals surface area contributed by atoms with Crippen LogP contribution in [0.5, 0.6) is 0 Å². The quantitative estimate of drug-likeness (QED) is 0.604. The molecule has 1 unspecified atom stereocenters. The Kier molecular flexibility index (Phi) is 5.65. The predicted octanol–water partition coefficient (Wildman–Crippen LogP) is 6.25. The molecular weight excluding hydrogens is 294 g/mol. The minimum absolute atomic E-state index is 0.245. The molecule has 0 heterocycles. The molecule has 1 saturated carbocycles. The summed E-state index contributed by atoms with van der Waals surface area (Å²) in [7, 11) is 0. The van der Waals surface area contributed by atoms with Gasteiger partial charge in [0.1, 0.15) is 6.54 Å². The molecule has 0 aromatic heterocycles. The van der Waals surface area contributed by atoms with Crippen LogP contribution in [0.15, 0.2) is 47.6 Å². The molecule has 0 N–H and O–H groups in total. The minimum Gasteiger partial charge on any atom is -0.150 e. The second-order valence-electron chi connectivity index (χ2n) is 7.47. The van der Waals surface area contributed by atoms with Crippen LogP contribution < -0.4 is 0 Å². The number of nitrogens with zero attached hydrogens (tertiary/aromatic N) is 1. The lowest BCUT2D eigenvalue weighted by Gasteiger charge is -2.44. The van der Waals surface area contributed by atoms with Gasteiger partial charge >= 0.3 is 0 Å². The third kappa shape index (κ3) is 3.53. The molecule has 24 heavy (non-hydrogen) atoms. The molecule has 1 fully saturated rings. The van der Waals surface area contributed by atoms with Crippen LogP contribution >= 0.6 is 0 Å². The Morgan fingerprint density at radius 1 is 1.04 bits per heavy atom. The maximum Gasteiger partial charge on any atom is 0.106 e. The third-order valence-corrected chi connectivity index (χ3v) is 6.12.